The number of carbonyl (C=O) groups is 2. The van der Waals surface area contributed by atoms with Gasteiger partial charge < -0.3 is 10.0 Å². The highest BCUT2D eigenvalue weighted by molar-refractivity contribution is 5.84. The summed E-state index contributed by atoms with van der Waals surface area (Å²) in [4.78, 5) is 26.2. The molecule has 8 nitrogen and oxygen atoms in total. The summed E-state index contributed by atoms with van der Waals surface area (Å²) >= 11 is 0. The molecule has 2 N–H and O–H groups in total. The maximum Gasteiger partial charge on any atom is 0.326 e. The van der Waals surface area contributed by atoms with Crippen molar-refractivity contribution in [1.29, 1.82) is 0 Å². The molecule has 32 heavy (non-hydrogen) atoms. The van der Waals surface area contributed by atoms with Crippen LogP contribution in [0.2, 0.25) is 0 Å². The fourth-order valence-electron chi connectivity index (χ4n) is 3.29. The average Bonchev–Trinajstić information content (AvgIpc) is 3.43. The predicted octanol–water partition coefficient (Wildman–Crippen LogP) is 4.16. The lowest BCUT2D eigenvalue weighted by Crippen LogP contribution is -2.47. The quantitative estimate of drug-likeness (QED) is 0.486. The van der Waals surface area contributed by atoms with Crippen molar-refractivity contribution in [3.8, 4) is 22.5 Å². The minimum atomic E-state index is -3.87. The van der Waals surface area contributed by atoms with Crippen LogP contribution in [-0.4, -0.2) is 48.5 Å². The van der Waals surface area contributed by atoms with Gasteiger partial charge in [0.2, 0.25) is 11.7 Å². The lowest BCUT2D eigenvalue weighted by Gasteiger charge is -2.32. The molecule has 8 heteroatoms. The number of aliphatic carboxylic acids is 1. The molecule has 3 rings (SSSR count). The number of rotatable bonds is 10. The van der Waals surface area contributed by atoms with E-state index in [2.05, 4.69) is 20.6 Å². The number of amides is 1. The van der Waals surface area contributed by atoms with Crippen LogP contribution in [0, 0.1) is 5.89 Å². The zero-order chi connectivity index (χ0) is 29.9. The molecule has 1 aromatic heterocycles. The van der Waals surface area contributed by atoms with E-state index >= 15 is 0 Å². The van der Waals surface area contributed by atoms with Gasteiger partial charge in [0.1, 0.15) is 6.02 Å². The molecular formula is C24H29N5O3. The van der Waals surface area contributed by atoms with Crippen LogP contribution < -0.4 is 0 Å². The SMILES string of the molecule is [2H]C([2H])([2H])C([2H])(C([2H])([2H])[2H])[C@@]([2H])(C(=O)O)N(Cc1ccc(-c2ccccc2-c2nn[nH]n2)cc1)C(=O)CCCC. The van der Waals surface area contributed by atoms with E-state index in [1.165, 1.54) is 0 Å². The Labute approximate surface area is 198 Å². The van der Waals surface area contributed by atoms with Gasteiger partial charge in [-0.3, -0.25) is 4.79 Å². The van der Waals surface area contributed by atoms with Crippen LogP contribution in [0.15, 0.2) is 48.5 Å². The van der Waals surface area contributed by atoms with Gasteiger partial charge in [0.05, 0.1) is 1.37 Å². The number of aromatic amines is 1. The summed E-state index contributed by atoms with van der Waals surface area (Å²) in [5, 5.41) is 24.1. The molecule has 0 fully saturated rings. The summed E-state index contributed by atoms with van der Waals surface area (Å²) in [5.74, 6) is -6.69. The summed E-state index contributed by atoms with van der Waals surface area (Å²) in [6.45, 7) is -6.36. The number of aromatic nitrogens is 4. The Balaban J connectivity index is 2.10. The topological polar surface area (TPSA) is 112 Å². The molecule has 0 saturated heterocycles. The number of hydrogen-bond donors (Lipinski definition) is 2. The first-order valence-electron chi connectivity index (χ1n) is 14.1. The minimum absolute atomic E-state index is 0.265. The van der Waals surface area contributed by atoms with Gasteiger partial charge in [-0.05, 0) is 34.2 Å². The van der Waals surface area contributed by atoms with E-state index < -0.39 is 44.0 Å². The van der Waals surface area contributed by atoms with Crippen molar-refractivity contribution in [2.45, 2.75) is 52.5 Å². The van der Waals surface area contributed by atoms with Crippen molar-refractivity contribution in [2.24, 2.45) is 5.89 Å². The molecule has 0 spiro atoms. The first-order valence-corrected chi connectivity index (χ1v) is 10.1. The van der Waals surface area contributed by atoms with Crippen molar-refractivity contribution >= 4 is 11.9 Å². The highest BCUT2D eigenvalue weighted by atomic mass is 16.4. The second kappa shape index (κ2) is 10.7. The maximum absolute atomic E-state index is 13.3. The molecule has 2 aromatic carbocycles. The number of nitrogens with zero attached hydrogens (tertiary/aromatic N) is 4. The fraction of sp³-hybridized carbons (Fsp3) is 0.375. The molecule has 1 amide bonds. The lowest BCUT2D eigenvalue weighted by molar-refractivity contribution is -0.153. The van der Waals surface area contributed by atoms with Crippen molar-refractivity contribution in [2.75, 3.05) is 0 Å². The Hall–Kier alpha value is -3.55. The first-order chi connectivity index (χ1) is 18.6. The summed E-state index contributed by atoms with van der Waals surface area (Å²) in [6, 6.07) is 9.95. The zero-order valence-corrected chi connectivity index (χ0v) is 17.5. The normalized spacial score (nSPS) is 17.8. The molecule has 0 aliphatic heterocycles. The van der Waals surface area contributed by atoms with E-state index in [1.807, 2.05) is 6.07 Å². The van der Waals surface area contributed by atoms with Crippen LogP contribution in [0.5, 0.6) is 0 Å². The molecular weight excluding hydrogens is 406 g/mol. The maximum atomic E-state index is 13.3. The van der Waals surface area contributed by atoms with Crippen molar-refractivity contribution in [1.82, 2.24) is 25.5 Å². The molecule has 3 aromatic rings. The van der Waals surface area contributed by atoms with Gasteiger partial charge in [-0.1, -0.05) is 75.6 Å². The van der Waals surface area contributed by atoms with Crippen LogP contribution in [0.25, 0.3) is 22.5 Å². The highest BCUT2D eigenvalue weighted by Crippen LogP contribution is 2.30. The molecule has 0 bridgehead atoms. The monoisotopic (exact) mass is 443 g/mol. The van der Waals surface area contributed by atoms with E-state index in [-0.39, 0.29) is 12.8 Å². The fourth-order valence-corrected chi connectivity index (χ4v) is 3.29. The van der Waals surface area contributed by atoms with E-state index in [0.717, 1.165) is 5.56 Å². The van der Waals surface area contributed by atoms with Gasteiger partial charge in [-0.2, -0.15) is 5.21 Å². The Morgan fingerprint density at radius 3 is 2.47 bits per heavy atom. The van der Waals surface area contributed by atoms with E-state index in [1.54, 1.807) is 49.4 Å². The Kier molecular flexibility index (Phi) is 4.83. The summed E-state index contributed by atoms with van der Waals surface area (Å²) < 4.78 is 64.0. The van der Waals surface area contributed by atoms with Gasteiger partial charge >= 0.3 is 5.97 Å². The summed E-state index contributed by atoms with van der Waals surface area (Å²) in [5.41, 5.74) is 2.40. The Morgan fingerprint density at radius 2 is 1.88 bits per heavy atom. The number of carboxylic acids is 1. The third-order valence-corrected chi connectivity index (χ3v) is 4.87. The van der Waals surface area contributed by atoms with Crippen LogP contribution in [0.1, 0.15) is 56.4 Å². The molecule has 0 radical (unpaired) electrons. The number of nitrogens with one attached hydrogen (secondary N) is 1. The first kappa shape index (κ1) is 14.5. The van der Waals surface area contributed by atoms with E-state index in [9.17, 15) is 14.7 Å². The van der Waals surface area contributed by atoms with Gasteiger partial charge in [0, 0.05) is 28.1 Å². The van der Waals surface area contributed by atoms with Gasteiger partial charge in [-0.15, -0.1) is 10.2 Å². The number of H-pyrrole nitrogens is 1. The summed E-state index contributed by atoms with van der Waals surface area (Å²) in [7, 11) is 0. The predicted molar refractivity (Wildman–Crippen MR) is 121 cm³/mol. The second-order valence-electron chi connectivity index (χ2n) is 7.09. The highest BCUT2D eigenvalue weighted by Gasteiger charge is 2.32. The second-order valence-corrected chi connectivity index (χ2v) is 7.09. The minimum Gasteiger partial charge on any atom is -0.480 e. The van der Waals surface area contributed by atoms with Crippen LogP contribution in [0.3, 0.4) is 0 Å². The number of carboxylic acid groups (broad SMARTS) is 1. The molecule has 0 aliphatic carbocycles. The van der Waals surface area contributed by atoms with Crippen LogP contribution in [0.4, 0.5) is 0 Å². The lowest BCUT2D eigenvalue weighted by atomic mass is 9.97. The van der Waals surface area contributed by atoms with E-state index in [0.29, 0.717) is 33.8 Å². The smallest absolute Gasteiger partial charge is 0.326 e. The Morgan fingerprint density at radius 1 is 1.16 bits per heavy atom. The zero-order valence-electron chi connectivity index (χ0n) is 25.5. The number of benzene rings is 2. The van der Waals surface area contributed by atoms with E-state index in [4.69, 9.17) is 11.0 Å². The third kappa shape index (κ3) is 5.38. The molecule has 168 valence electrons. The largest absolute Gasteiger partial charge is 0.480 e. The number of carbonyl (C=O) groups excluding carboxylic acids is 1. The van der Waals surface area contributed by atoms with Crippen molar-refractivity contribution in [3.05, 3.63) is 54.1 Å². The summed E-state index contributed by atoms with van der Waals surface area (Å²) in [6.07, 6.45) is 0.540. The molecule has 1 heterocycles. The molecule has 0 unspecified atom stereocenters. The van der Waals surface area contributed by atoms with Gasteiger partial charge in [0.15, 0.2) is 0 Å². The Bertz CT molecular complexity index is 1320. The van der Waals surface area contributed by atoms with Crippen molar-refractivity contribution in [3.63, 3.8) is 0 Å². The standard InChI is InChI=1S/C24H29N5O3/c1-4-5-10-21(30)29(22(16(2)3)24(31)32)15-17-11-13-18(14-12-17)19-8-6-7-9-20(19)23-25-27-28-26-23/h6-9,11-14,16,22H,4-5,10,15H2,1-3H3,(H,31,32)(H,25,26,27,28)/t22-/m0/s1/i2D3,3D3,16D,22D. The molecule has 0 aliphatic rings. The van der Waals surface area contributed by atoms with Crippen LogP contribution >= 0.6 is 0 Å². The van der Waals surface area contributed by atoms with Crippen molar-refractivity contribution < 1.29 is 25.7 Å². The van der Waals surface area contributed by atoms with Gasteiger partial charge in [-0.25, -0.2) is 4.79 Å². The number of hydrogen-bond acceptors (Lipinski definition) is 5. The third-order valence-electron chi connectivity index (χ3n) is 4.87. The molecule has 1 atom stereocenters. The van der Waals surface area contributed by atoms with Crippen LogP contribution in [-0.2, 0) is 16.1 Å². The average molecular weight is 444 g/mol. The number of tetrazole rings is 1. The molecule has 0 saturated carbocycles. The number of unbranched alkanes of at least 4 members (excludes halogenated alkanes) is 1. The van der Waals surface area contributed by atoms with Gasteiger partial charge in [0.25, 0.3) is 0 Å².